The number of carbonyl (C=O) groups is 2. The van der Waals surface area contributed by atoms with E-state index in [1.165, 1.54) is 0 Å². The Balaban J connectivity index is 2.20. The van der Waals surface area contributed by atoms with Crippen LogP contribution in [0.2, 0.25) is 0 Å². The van der Waals surface area contributed by atoms with Crippen LogP contribution in [0.1, 0.15) is 26.2 Å². The van der Waals surface area contributed by atoms with Gasteiger partial charge in [-0.15, -0.1) is 0 Å². The Labute approximate surface area is 95.7 Å². The zero-order valence-corrected chi connectivity index (χ0v) is 9.57. The maximum absolute atomic E-state index is 11.7. The van der Waals surface area contributed by atoms with E-state index >= 15 is 0 Å². The van der Waals surface area contributed by atoms with E-state index in [4.69, 9.17) is 10.5 Å². The van der Waals surface area contributed by atoms with Gasteiger partial charge in [-0.05, 0) is 18.8 Å². The van der Waals surface area contributed by atoms with Crippen LogP contribution in [0.5, 0.6) is 0 Å². The Morgan fingerprint density at radius 2 is 2.12 bits per heavy atom. The molecule has 1 fully saturated rings. The molecular formula is C11H19N2O3. The molecule has 1 saturated heterocycles. The van der Waals surface area contributed by atoms with Crippen LogP contribution in [-0.2, 0) is 14.3 Å². The molecule has 0 aromatic heterocycles. The second-order valence-corrected chi connectivity index (χ2v) is 4.21. The molecule has 5 heteroatoms. The molecular weight excluding hydrogens is 208 g/mol. The first-order valence-corrected chi connectivity index (χ1v) is 5.59. The molecule has 1 radical (unpaired) electrons. The van der Waals surface area contributed by atoms with Crippen molar-refractivity contribution in [2.75, 3.05) is 13.2 Å². The lowest BCUT2D eigenvalue weighted by molar-refractivity contribution is -0.127. The second kappa shape index (κ2) is 6.48. The summed E-state index contributed by atoms with van der Waals surface area (Å²) < 4.78 is 5.18. The van der Waals surface area contributed by atoms with Crippen LogP contribution in [0.3, 0.4) is 0 Å². The molecule has 1 aliphatic heterocycles. The lowest BCUT2D eigenvalue weighted by Gasteiger charge is -2.21. The van der Waals surface area contributed by atoms with Gasteiger partial charge in [-0.2, -0.15) is 0 Å². The molecule has 3 N–H and O–H groups in total. The van der Waals surface area contributed by atoms with Crippen molar-refractivity contribution in [3.63, 3.8) is 0 Å². The summed E-state index contributed by atoms with van der Waals surface area (Å²) in [6.45, 7) is 4.78. The summed E-state index contributed by atoms with van der Waals surface area (Å²) in [5, 5.41) is 2.73. The number of primary amides is 1. The number of rotatable bonds is 5. The number of nitrogens with two attached hydrogens (primary N) is 1. The SMILES string of the molecule is C[C@H]([CH]NC(=O)C1CCOCC1)CC(N)=O. The van der Waals surface area contributed by atoms with Gasteiger partial charge in [0.2, 0.25) is 11.8 Å². The first kappa shape index (κ1) is 13.0. The Morgan fingerprint density at radius 3 is 2.69 bits per heavy atom. The minimum atomic E-state index is -0.357. The number of ether oxygens (including phenoxy) is 1. The molecule has 91 valence electrons. The van der Waals surface area contributed by atoms with Crippen LogP contribution in [0, 0.1) is 18.4 Å². The summed E-state index contributed by atoms with van der Waals surface area (Å²) >= 11 is 0. The van der Waals surface area contributed by atoms with E-state index in [-0.39, 0.29) is 30.1 Å². The summed E-state index contributed by atoms with van der Waals surface area (Å²) in [5.74, 6) is -0.337. The van der Waals surface area contributed by atoms with E-state index < -0.39 is 0 Å². The van der Waals surface area contributed by atoms with E-state index in [0.29, 0.717) is 13.2 Å². The van der Waals surface area contributed by atoms with Crippen LogP contribution in [0.15, 0.2) is 0 Å². The monoisotopic (exact) mass is 227 g/mol. The third-order valence-electron chi connectivity index (χ3n) is 2.63. The molecule has 0 unspecified atom stereocenters. The molecule has 0 aromatic carbocycles. The first-order chi connectivity index (χ1) is 7.59. The summed E-state index contributed by atoms with van der Waals surface area (Å²) in [6, 6.07) is 0. The van der Waals surface area contributed by atoms with Gasteiger partial charge in [0.1, 0.15) is 0 Å². The quantitative estimate of drug-likeness (QED) is 0.704. The van der Waals surface area contributed by atoms with Gasteiger partial charge in [-0.3, -0.25) is 9.59 Å². The Kier molecular flexibility index (Phi) is 5.25. The normalized spacial score (nSPS) is 19.1. The number of carbonyl (C=O) groups excluding carboxylic acids is 2. The van der Waals surface area contributed by atoms with Crippen molar-refractivity contribution in [2.45, 2.75) is 26.2 Å². The van der Waals surface area contributed by atoms with Gasteiger partial charge in [-0.25, -0.2) is 0 Å². The Morgan fingerprint density at radius 1 is 1.50 bits per heavy atom. The topological polar surface area (TPSA) is 81.4 Å². The minimum Gasteiger partial charge on any atom is -0.381 e. The molecule has 0 bridgehead atoms. The standard InChI is InChI=1S/C11H19N2O3/c1-8(6-10(12)14)7-13-11(15)9-2-4-16-5-3-9/h7-9H,2-6H2,1H3,(H2,12,14)(H,13,15)/t8-/m0/s1. The van der Waals surface area contributed by atoms with Crippen molar-refractivity contribution in [3.05, 3.63) is 6.54 Å². The molecule has 16 heavy (non-hydrogen) atoms. The fourth-order valence-electron chi connectivity index (χ4n) is 1.68. The molecule has 1 atom stereocenters. The van der Waals surface area contributed by atoms with Crippen molar-refractivity contribution in [1.82, 2.24) is 5.32 Å². The minimum absolute atomic E-state index is 0.0135. The number of hydrogen-bond acceptors (Lipinski definition) is 3. The smallest absolute Gasteiger partial charge is 0.223 e. The Bertz CT molecular complexity index is 250. The van der Waals surface area contributed by atoms with Gasteiger partial charge in [0.25, 0.3) is 0 Å². The maximum atomic E-state index is 11.7. The predicted octanol–water partition coefficient (Wildman–Crippen LogP) is 0.202. The number of hydrogen-bond donors (Lipinski definition) is 2. The summed E-state index contributed by atoms with van der Waals surface area (Å²) in [7, 11) is 0. The zero-order valence-electron chi connectivity index (χ0n) is 9.57. The third kappa shape index (κ3) is 4.61. The van der Waals surface area contributed by atoms with Gasteiger partial charge in [0.05, 0.1) is 6.54 Å². The number of amides is 2. The highest BCUT2D eigenvalue weighted by Crippen LogP contribution is 2.15. The highest BCUT2D eigenvalue weighted by molar-refractivity contribution is 5.79. The van der Waals surface area contributed by atoms with Crippen LogP contribution in [-0.4, -0.2) is 25.0 Å². The average molecular weight is 227 g/mol. The summed E-state index contributed by atoms with van der Waals surface area (Å²) in [6.07, 6.45) is 1.79. The molecule has 2 amide bonds. The van der Waals surface area contributed by atoms with Crippen molar-refractivity contribution in [1.29, 1.82) is 0 Å². The van der Waals surface area contributed by atoms with Gasteiger partial charge in [-0.1, -0.05) is 6.92 Å². The van der Waals surface area contributed by atoms with Crippen LogP contribution in [0.25, 0.3) is 0 Å². The largest absolute Gasteiger partial charge is 0.381 e. The van der Waals surface area contributed by atoms with Crippen molar-refractivity contribution in [3.8, 4) is 0 Å². The first-order valence-electron chi connectivity index (χ1n) is 5.59. The molecule has 1 aliphatic rings. The summed E-state index contributed by atoms with van der Waals surface area (Å²) in [5.41, 5.74) is 5.05. The Hall–Kier alpha value is -1.10. The van der Waals surface area contributed by atoms with Gasteiger partial charge in [0.15, 0.2) is 0 Å². The molecule has 0 aliphatic carbocycles. The molecule has 0 aromatic rings. The maximum Gasteiger partial charge on any atom is 0.223 e. The van der Waals surface area contributed by atoms with E-state index in [1.807, 2.05) is 6.92 Å². The van der Waals surface area contributed by atoms with Crippen LogP contribution in [0.4, 0.5) is 0 Å². The van der Waals surface area contributed by atoms with Gasteiger partial charge >= 0.3 is 0 Å². The van der Waals surface area contributed by atoms with Crippen molar-refractivity contribution < 1.29 is 14.3 Å². The van der Waals surface area contributed by atoms with Crippen molar-refractivity contribution >= 4 is 11.8 Å². The molecule has 5 nitrogen and oxygen atoms in total. The highest BCUT2D eigenvalue weighted by Gasteiger charge is 2.21. The fraction of sp³-hybridized carbons (Fsp3) is 0.727. The third-order valence-corrected chi connectivity index (χ3v) is 2.63. The average Bonchev–Trinajstić information content (AvgIpc) is 2.26. The molecule has 0 saturated carbocycles. The predicted molar refractivity (Wildman–Crippen MR) is 59.0 cm³/mol. The van der Waals surface area contributed by atoms with E-state index in [0.717, 1.165) is 12.8 Å². The second-order valence-electron chi connectivity index (χ2n) is 4.21. The van der Waals surface area contributed by atoms with Gasteiger partial charge in [0, 0.05) is 25.6 Å². The summed E-state index contributed by atoms with van der Waals surface area (Å²) in [4.78, 5) is 22.3. The van der Waals surface area contributed by atoms with E-state index in [9.17, 15) is 9.59 Å². The molecule has 0 spiro atoms. The molecule has 1 heterocycles. The molecule has 1 rings (SSSR count). The number of nitrogens with one attached hydrogen (secondary N) is 1. The lowest BCUT2D eigenvalue weighted by Crippen LogP contribution is -2.34. The van der Waals surface area contributed by atoms with Gasteiger partial charge < -0.3 is 15.8 Å². The fourth-order valence-corrected chi connectivity index (χ4v) is 1.68. The zero-order chi connectivity index (χ0) is 12.0. The van der Waals surface area contributed by atoms with E-state index in [1.54, 1.807) is 6.54 Å². The van der Waals surface area contributed by atoms with E-state index in [2.05, 4.69) is 5.32 Å². The van der Waals surface area contributed by atoms with Crippen molar-refractivity contribution in [2.24, 2.45) is 17.6 Å². The highest BCUT2D eigenvalue weighted by atomic mass is 16.5. The lowest BCUT2D eigenvalue weighted by atomic mass is 9.99. The van der Waals surface area contributed by atoms with Crippen LogP contribution >= 0.6 is 0 Å². The van der Waals surface area contributed by atoms with Crippen LogP contribution < -0.4 is 11.1 Å².